The van der Waals surface area contributed by atoms with Crippen LogP contribution in [0.5, 0.6) is 0 Å². The van der Waals surface area contributed by atoms with Gasteiger partial charge in [0, 0.05) is 11.6 Å². The van der Waals surface area contributed by atoms with Gasteiger partial charge in [-0.05, 0) is 53.9 Å². The zero-order valence-electron chi connectivity index (χ0n) is 13.9. The van der Waals surface area contributed by atoms with Gasteiger partial charge in [-0.25, -0.2) is 0 Å². The summed E-state index contributed by atoms with van der Waals surface area (Å²) in [6, 6.07) is 11.4. The van der Waals surface area contributed by atoms with Crippen molar-refractivity contribution in [1.29, 1.82) is 0 Å². The highest BCUT2D eigenvalue weighted by atomic mass is 14.9. The predicted molar refractivity (Wildman–Crippen MR) is 99.5 cm³/mol. The van der Waals surface area contributed by atoms with E-state index in [1.54, 1.807) is 0 Å². The standard InChI is InChI=1S/C23H23N/c1-3-7-16(8-4-1)21-15-23(18-12-11-17-13-19(17)14-18)24-22-10-6-2-5-9-20(21)22/h1,3-12,14,17,19,21,23-24H,2,13,15H2. The number of hydrogen-bond acceptors (Lipinski definition) is 1. The normalized spacial score (nSPS) is 33.2. The minimum Gasteiger partial charge on any atom is -0.378 e. The second-order valence-electron chi connectivity index (χ2n) is 7.39. The Labute approximate surface area is 144 Å². The lowest BCUT2D eigenvalue weighted by Crippen LogP contribution is -2.37. The Morgan fingerprint density at radius 3 is 2.62 bits per heavy atom. The van der Waals surface area contributed by atoms with E-state index in [4.69, 9.17) is 0 Å². The first kappa shape index (κ1) is 14.1. The minimum atomic E-state index is 0.419. The molecule has 3 aliphatic carbocycles. The van der Waals surface area contributed by atoms with E-state index >= 15 is 0 Å². The minimum absolute atomic E-state index is 0.419. The Balaban J connectivity index is 1.54. The number of nitrogens with one attached hydrogen (secondary N) is 1. The summed E-state index contributed by atoms with van der Waals surface area (Å²) in [6.07, 6.45) is 20.0. The molecule has 0 saturated heterocycles. The molecule has 5 rings (SSSR count). The summed E-state index contributed by atoms with van der Waals surface area (Å²) in [7, 11) is 0. The van der Waals surface area contributed by atoms with Crippen LogP contribution in [0.25, 0.3) is 0 Å². The maximum atomic E-state index is 3.83. The Morgan fingerprint density at radius 1 is 0.875 bits per heavy atom. The molecule has 1 heterocycles. The Hall–Kier alpha value is -2.28. The van der Waals surface area contributed by atoms with Gasteiger partial charge in [0.15, 0.2) is 0 Å². The van der Waals surface area contributed by atoms with E-state index in [1.807, 2.05) is 0 Å². The highest BCUT2D eigenvalue weighted by Gasteiger charge is 2.37. The molecule has 0 radical (unpaired) electrons. The zero-order chi connectivity index (χ0) is 15.9. The number of rotatable bonds is 2. The van der Waals surface area contributed by atoms with Crippen molar-refractivity contribution in [3.8, 4) is 0 Å². The third-order valence-corrected chi connectivity index (χ3v) is 5.78. The van der Waals surface area contributed by atoms with E-state index in [9.17, 15) is 0 Å². The van der Waals surface area contributed by atoms with E-state index in [2.05, 4.69) is 78.2 Å². The molecule has 120 valence electrons. The van der Waals surface area contributed by atoms with E-state index in [0.717, 1.165) is 24.7 Å². The number of allylic oxidation sites excluding steroid dienone is 7. The average molecular weight is 313 g/mol. The van der Waals surface area contributed by atoms with Crippen molar-refractivity contribution in [3.05, 3.63) is 95.3 Å². The fraction of sp³-hybridized carbons (Fsp3) is 0.304. The van der Waals surface area contributed by atoms with Crippen molar-refractivity contribution in [2.24, 2.45) is 11.8 Å². The molecule has 1 aromatic rings. The van der Waals surface area contributed by atoms with Gasteiger partial charge in [-0.3, -0.25) is 0 Å². The Kier molecular flexibility index (Phi) is 3.33. The monoisotopic (exact) mass is 313 g/mol. The Bertz CT molecular complexity index is 791. The van der Waals surface area contributed by atoms with Crippen LogP contribution in [0.15, 0.2) is 89.7 Å². The molecule has 4 unspecified atom stereocenters. The molecule has 24 heavy (non-hydrogen) atoms. The fourth-order valence-corrected chi connectivity index (χ4v) is 4.33. The van der Waals surface area contributed by atoms with Crippen LogP contribution in [0.1, 0.15) is 30.7 Å². The molecule has 1 nitrogen and oxygen atoms in total. The highest BCUT2D eigenvalue weighted by Crippen LogP contribution is 2.46. The molecule has 1 N–H and O–H groups in total. The summed E-state index contributed by atoms with van der Waals surface area (Å²) < 4.78 is 0. The molecule has 4 aliphatic rings. The lowest BCUT2D eigenvalue weighted by Gasteiger charge is -2.35. The van der Waals surface area contributed by atoms with Crippen molar-refractivity contribution >= 4 is 0 Å². The molecule has 1 saturated carbocycles. The third kappa shape index (κ3) is 2.49. The first-order valence-electron chi connectivity index (χ1n) is 9.17. The maximum Gasteiger partial charge on any atom is 0.0519 e. The van der Waals surface area contributed by atoms with Gasteiger partial charge >= 0.3 is 0 Å². The van der Waals surface area contributed by atoms with Crippen molar-refractivity contribution < 1.29 is 0 Å². The van der Waals surface area contributed by atoms with Crippen LogP contribution in [0.3, 0.4) is 0 Å². The van der Waals surface area contributed by atoms with Crippen LogP contribution in [0.2, 0.25) is 0 Å². The molecule has 1 aromatic carbocycles. The van der Waals surface area contributed by atoms with Crippen LogP contribution in [0, 0.1) is 11.8 Å². The van der Waals surface area contributed by atoms with Crippen LogP contribution >= 0.6 is 0 Å². The van der Waals surface area contributed by atoms with Crippen molar-refractivity contribution in [3.63, 3.8) is 0 Å². The first-order chi connectivity index (χ1) is 11.9. The van der Waals surface area contributed by atoms with Gasteiger partial charge in [-0.1, -0.05) is 66.8 Å². The van der Waals surface area contributed by atoms with E-state index < -0.39 is 0 Å². The summed E-state index contributed by atoms with van der Waals surface area (Å²) in [5, 5.41) is 3.83. The van der Waals surface area contributed by atoms with Gasteiger partial charge in [-0.2, -0.15) is 0 Å². The SMILES string of the molecule is C1=CC2=C(C=CC1)C(c1ccccc1)CC(C1=CC3CC3C=C1)N2. The molecule has 1 aliphatic heterocycles. The summed E-state index contributed by atoms with van der Waals surface area (Å²) in [5.74, 6) is 2.11. The molecule has 1 fully saturated rings. The molecule has 0 amide bonds. The van der Waals surface area contributed by atoms with E-state index in [1.165, 1.54) is 28.8 Å². The number of benzene rings is 1. The van der Waals surface area contributed by atoms with Gasteiger partial charge in [0.2, 0.25) is 0 Å². The molecule has 0 bridgehead atoms. The molecule has 0 spiro atoms. The van der Waals surface area contributed by atoms with Gasteiger partial charge in [0.1, 0.15) is 0 Å². The number of fused-ring (bicyclic) bond motifs is 1. The van der Waals surface area contributed by atoms with Crippen molar-refractivity contribution in [1.82, 2.24) is 5.32 Å². The molecule has 0 aromatic heterocycles. The summed E-state index contributed by atoms with van der Waals surface area (Å²) in [6.45, 7) is 0. The maximum absolute atomic E-state index is 3.83. The van der Waals surface area contributed by atoms with Crippen molar-refractivity contribution in [2.45, 2.75) is 31.2 Å². The Morgan fingerprint density at radius 2 is 1.75 bits per heavy atom. The topological polar surface area (TPSA) is 12.0 Å². The van der Waals surface area contributed by atoms with Gasteiger partial charge in [0.25, 0.3) is 0 Å². The first-order valence-corrected chi connectivity index (χ1v) is 9.17. The predicted octanol–water partition coefficient (Wildman–Crippen LogP) is 5.03. The van der Waals surface area contributed by atoms with E-state index in [-0.39, 0.29) is 0 Å². The summed E-state index contributed by atoms with van der Waals surface area (Å²) in [5.41, 5.74) is 5.67. The van der Waals surface area contributed by atoms with Crippen LogP contribution < -0.4 is 5.32 Å². The molecular formula is C23H23N. The molecule has 4 atom stereocenters. The lowest BCUT2D eigenvalue weighted by atomic mass is 9.79. The van der Waals surface area contributed by atoms with Gasteiger partial charge in [-0.15, -0.1) is 0 Å². The summed E-state index contributed by atoms with van der Waals surface area (Å²) in [4.78, 5) is 0. The number of hydrogen-bond donors (Lipinski definition) is 1. The smallest absolute Gasteiger partial charge is 0.0519 e. The zero-order valence-corrected chi connectivity index (χ0v) is 13.9. The van der Waals surface area contributed by atoms with Crippen LogP contribution in [0.4, 0.5) is 0 Å². The largest absolute Gasteiger partial charge is 0.378 e. The van der Waals surface area contributed by atoms with Crippen LogP contribution in [-0.2, 0) is 0 Å². The second-order valence-corrected chi connectivity index (χ2v) is 7.39. The average Bonchev–Trinajstić information content (AvgIpc) is 3.43. The fourth-order valence-electron chi connectivity index (χ4n) is 4.33. The van der Waals surface area contributed by atoms with Crippen LogP contribution in [-0.4, -0.2) is 6.04 Å². The lowest BCUT2D eigenvalue weighted by molar-refractivity contribution is 0.522. The summed E-state index contributed by atoms with van der Waals surface area (Å²) >= 11 is 0. The quantitative estimate of drug-likeness (QED) is 0.807. The van der Waals surface area contributed by atoms with Gasteiger partial charge in [0.05, 0.1) is 6.04 Å². The van der Waals surface area contributed by atoms with E-state index in [0.29, 0.717) is 12.0 Å². The highest BCUT2D eigenvalue weighted by molar-refractivity contribution is 5.48. The third-order valence-electron chi connectivity index (χ3n) is 5.78. The molecular weight excluding hydrogens is 290 g/mol. The van der Waals surface area contributed by atoms with Gasteiger partial charge < -0.3 is 5.32 Å². The van der Waals surface area contributed by atoms with Crippen molar-refractivity contribution in [2.75, 3.05) is 0 Å². The molecule has 1 heteroatoms. The second kappa shape index (κ2) is 5.66.